The molecular formula is C14H16N2O4S. The van der Waals surface area contributed by atoms with Gasteiger partial charge in [-0.3, -0.25) is 4.79 Å². The molecule has 0 radical (unpaired) electrons. The summed E-state index contributed by atoms with van der Waals surface area (Å²) in [7, 11) is -3.67. The summed E-state index contributed by atoms with van der Waals surface area (Å²) < 4.78 is 26.7. The van der Waals surface area contributed by atoms with Crippen molar-refractivity contribution in [1.82, 2.24) is 4.72 Å². The molecule has 1 saturated carbocycles. The van der Waals surface area contributed by atoms with Crippen molar-refractivity contribution < 1.29 is 18.3 Å². The van der Waals surface area contributed by atoms with Crippen LogP contribution in [0.5, 0.6) is 0 Å². The van der Waals surface area contributed by atoms with Crippen molar-refractivity contribution in [3.8, 4) is 6.07 Å². The lowest BCUT2D eigenvalue weighted by molar-refractivity contribution is -0.142. The summed E-state index contributed by atoms with van der Waals surface area (Å²) in [6, 6.07) is 7.52. The lowest BCUT2D eigenvalue weighted by atomic mass is 9.97. The van der Waals surface area contributed by atoms with Crippen LogP contribution >= 0.6 is 0 Å². The maximum Gasteiger partial charge on any atom is 0.306 e. The van der Waals surface area contributed by atoms with Crippen LogP contribution < -0.4 is 4.72 Å². The van der Waals surface area contributed by atoms with Gasteiger partial charge in [0.25, 0.3) is 0 Å². The molecule has 2 unspecified atom stereocenters. The molecule has 0 aliphatic heterocycles. The van der Waals surface area contributed by atoms with Gasteiger partial charge in [-0.15, -0.1) is 0 Å². The third kappa shape index (κ3) is 3.60. The van der Waals surface area contributed by atoms with Crippen LogP contribution in [-0.4, -0.2) is 26.0 Å². The second-order valence-corrected chi connectivity index (χ2v) is 6.89. The van der Waals surface area contributed by atoms with Crippen molar-refractivity contribution in [2.75, 3.05) is 6.54 Å². The number of benzene rings is 1. The largest absolute Gasteiger partial charge is 0.481 e. The summed E-state index contributed by atoms with van der Waals surface area (Å²) in [5, 5.41) is 17.8. The molecule has 0 heterocycles. The minimum atomic E-state index is -3.67. The summed E-state index contributed by atoms with van der Waals surface area (Å²) >= 11 is 0. The Morgan fingerprint density at radius 2 is 2.00 bits per heavy atom. The van der Waals surface area contributed by atoms with Crippen LogP contribution in [0.4, 0.5) is 0 Å². The van der Waals surface area contributed by atoms with E-state index in [1.807, 2.05) is 6.07 Å². The van der Waals surface area contributed by atoms with Crippen molar-refractivity contribution in [3.05, 3.63) is 29.8 Å². The van der Waals surface area contributed by atoms with E-state index in [9.17, 15) is 13.2 Å². The highest BCUT2D eigenvalue weighted by atomic mass is 32.2. The third-order valence-electron chi connectivity index (χ3n) is 3.81. The molecule has 0 amide bonds. The van der Waals surface area contributed by atoms with Gasteiger partial charge in [-0.2, -0.15) is 5.26 Å². The van der Waals surface area contributed by atoms with Gasteiger partial charge in [0.05, 0.1) is 22.4 Å². The first-order chi connectivity index (χ1) is 9.94. The van der Waals surface area contributed by atoms with E-state index in [0.29, 0.717) is 18.4 Å². The molecule has 0 saturated heterocycles. The van der Waals surface area contributed by atoms with E-state index in [1.54, 1.807) is 0 Å². The Hall–Kier alpha value is -1.91. The fourth-order valence-corrected chi connectivity index (χ4v) is 3.71. The van der Waals surface area contributed by atoms with E-state index in [4.69, 9.17) is 10.4 Å². The number of aliphatic carboxylic acids is 1. The van der Waals surface area contributed by atoms with Crippen LogP contribution in [-0.2, 0) is 14.8 Å². The molecule has 2 N–H and O–H groups in total. The summed E-state index contributed by atoms with van der Waals surface area (Å²) in [5.41, 5.74) is 0.385. The van der Waals surface area contributed by atoms with Crippen LogP contribution in [0.2, 0.25) is 0 Å². The Morgan fingerprint density at radius 3 is 2.57 bits per heavy atom. The molecule has 7 heteroatoms. The van der Waals surface area contributed by atoms with Crippen molar-refractivity contribution in [3.63, 3.8) is 0 Å². The molecular weight excluding hydrogens is 292 g/mol. The zero-order chi connectivity index (χ0) is 15.5. The number of hydrogen-bond donors (Lipinski definition) is 2. The van der Waals surface area contributed by atoms with Gasteiger partial charge in [0.15, 0.2) is 0 Å². The molecule has 1 aromatic rings. The molecule has 1 aromatic carbocycles. The van der Waals surface area contributed by atoms with Crippen molar-refractivity contribution >= 4 is 16.0 Å². The number of sulfonamides is 1. The number of carboxylic acid groups (broad SMARTS) is 1. The summed E-state index contributed by atoms with van der Waals surface area (Å²) in [5.74, 6) is -1.51. The Bertz CT molecular complexity index is 661. The second-order valence-electron chi connectivity index (χ2n) is 5.12. The second kappa shape index (κ2) is 6.24. The first-order valence-corrected chi connectivity index (χ1v) is 8.15. The zero-order valence-corrected chi connectivity index (χ0v) is 12.1. The van der Waals surface area contributed by atoms with E-state index in [1.165, 1.54) is 24.3 Å². The number of rotatable bonds is 5. The monoisotopic (exact) mass is 308 g/mol. The van der Waals surface area contributed by atoms with Gasteiger partial charge in [-0.25, -0.2) is 13.1 Å². The van der Waals surface area contributed by atoms with Gasteiger partial charge < -0.3 is 5.11 Å². The predicted octanol–water partition coefficient (Wildman–Crippen LogP) is 1.34. The lowest BCUT2D eigenvalue weighted by Gasteiger charge is -2.16. The first-order valence-electron chi connectivity index (χ1n) is 6.66. The molecule has 0 aromatic heterocycles. The highest BCUT2D eigenvalue weighted by Gasteiger charge is 2.33. The predicted molar refractivity (Wildman–Crippen MR) is 74.8 cm³/mol. The zero-order valence-electron chi connectivity index (χ0n) is 11.3. The molecule has 112 valence electrons. The van der Waals surface area contributed by atoms with Gasteiger partial charge in [-0.1, -0.05) is 6.42 Å². The molecule has 0 spiro atoms. The number of carboxylic acids is 1. The minimum Gasteiger partial charge on any atom is -0.481 e. The van der Waals surface area contributed by atoms with E-state index < -0.39 is 21.9 Å². The topological polar surface area (TPSA) is 107 Å². The molecule has 0 bridgehead atoms. The van der Waals surface area contributed by atoms with Crippen LogP contribution in [0, 0.1) is 23.2 Å². The van der Waals surface area contributed by atoms with Crippen LogP contribution in [0.3, 0.4) is 0 Å². The van der Waals surface area contributed by atoms with E-state index in [-0.39, 0.29) is 17.4 Å². The van der Waals surface area contributed by atoms with Crippen LogP contribution in [0.25, 0.3) is 0 Å². The van der Waals surface area contributed by atoms with Crippen molar-refractivity contribution in [1.29, 1.82) is 5.26 Å². The Morgan fingerprint density at radius 1 is 1.33 bits per heavy atom. The van der Waals surface area contributed by atoms with Crippen molar-refractivity contribution in [2.45, 2.75) is 24.2 Å². The summed E-state index contributed by atoms with van der Waals surface area (Å²) in [6.45, 7) is 0.124. The number of hydrogen-bond acceptors (Lipinski definition) is 4. The fourth-order valence-electron chi connectivity index (χ4n) is 2.61. The SMILES string of the molecule is N#Cc1ccc(S(=O)(=O)NCC2CCCC2C(=O)O)cc1. The fraction of sp³-hybridized carbons (Fsp3) is 0.429. The van der Waals surface area contributed by atoms with Gasteiger partial charge >= 0.3 is 5.97 Å². The Labute approximate surface area is 123 Å². The molecule has 1 aliphatic rings. The number of nitrogens with one attached hydrogen (secondary N) is 1. The van der Waals surface area contributed by atoms with Crippen LogP contribution in [0.1, 0.15) is 24.8 Å². The summed E-state index contributed by atoms with van der Waals surface area (Å²) in [6.07, 6.45) is 2.12. The number of carbonyl (C=O) groups is 1. The maximum absolute atomic E-state index is 12.1. The smallest absolute Gasteiger partial charge is 0.306 e. The number of nitriles is 1. The van der Waals surface area contributed by atoms with Gasteiger partial charge in [0.2, 0.25) is 10.0 Å². The number of nitrogens with zero attached hydrogens (tertiary/aromatic N) is 1. The average Bonchev–Trinajstić information content (AvgIpc) is 2.94. The van der Waals surface area contributed by atoms with Gasteiger partial charge in [0, 0.05) is 6.54 Å². The third-order valence-corrected chi connectivity index (χ3v) is 5.25. The Kier molecular flexibility index (Phi) is 4.60. The van der Waals surface area contributed by atoms with Gasteiger partial charge in [-0.05, 0) is 43.0 Å². The molecule has 1 aliphatic carbocycles. The molecule has 1 fully saturated rings. The van der Waals surface area contributed by atoms with E-state index in [2.05, 4.69) is 4.72 Å². The first kappa shape index (κ1) is 15.5. The van der Waals surface area contributed by atoms with Gasteiger partial charge in [0.1, 0.15) is 0 Å². The molecule has 21 heavy (non-hydrogen) atoms. The van der Waals surface area contributed by atoms with Crippen molar-refractivity contribution in [2.24, 2.45) is 11.8 Å². The standard InChI is InChI=1S/C14H16N2O4S/c15-8-10-4-6-12(7-5-10)21(19,20)16-9-11-2-1-3-13(11)14(17)18/h4-7,11,13,16H,1-3,9H2,(H,17,18). The van der Waals surface area contributed by atoms with Crippen LogP contribution in [0.15, 0.2) is 29.2 Å². The Balaban J connectivity index is 2.04. The summed E-state index contributed by atoms with van der Waals surface area (Å²) in [4.78, 5) is 11.1. The molecule has 6 nitrogen and oxygen atoms in total. The molecule has 2 atom stereocenters. The minimum absolute atomic E-state index is 0.0753. The highest BCUT2D eigenvalue weighted by molar-refractivity contribution is 7.89. The lowest BCUT2D eigenvalue weighted by Crippen LogP contribution is -2.33. The quantitative estimate of drug-likeness (QED) is 0.853. The average molecular weight is 308 g/mol. The van der Waals surface area contributed by atoms with E-state index >= 15 is 0 Å². The highest BCUT2D eigenvalue weighted by Crippen LogP contribution is 2.31. The normalized spacial score (nSPS) is 21.9. The maximum atomic E-state index is 12.1. The molecule has 2 rings (SSSR count). The van der Waals surface area contributed by atoms with E-state index in [0.717, 1.165) is 6.42 Å².